The van der Waals surface area contributed by atoms with Crippen molar-refractivity contribution >= 4 is 0 Å². The van der Waals surface area contributed by atoms with Gasteiger partial charge in [-0.05, 0) is 32.0 Å². The van der Waals surface area contributed by atoms with Crippen LogP contribution in [0.3, 0.4) is 0 Å². The molecule has 2 rings (SSSR count). The van der Waals surface area contributed by atoms with Gasteiger partial charge in [0.1, 0.15) is 0 Å². The molecular formula is C14H20N4O. The lowest BCUT2D eigenvalue weighted by molar-refractivity contribution is 0.286. The second-order valence-electron chi connectivity index (χ2n) is 5.05. The van der Waals surface area contributed by atoms with E-state index in [-0.39, 0.29) is 12.0 Å². The molecule has 0 spiro atoms. The third kappa shape index (κ3) is 2.98. The van der Waals surface area contributed by atoms with Crippen molar-refractivity contribution in [1.29, 1.82) is 0 Å². The van der Waals surface area contributed by atoms with E-state index in [0.29, 0.717) is 17.6 Å². The van der Waals surface area contributed by atoms with Crippen molar-refractivity contribution in [3.63, 3.8) is 0 Å². The second kappa shape index (κ2) is 5.93. The van der Waals surface area contributed by atoms with E-state index in [0.717, 1.165) is 5.56 Å². The zero-order valence-corrected chi connectivity index (χ0v) is 11.8. The molecule has 19 heavy (non-hydrogen) atoms. The molecule has 0 aliphatic carbocycles. The Hall–Kier alpha value is -1.75. The zero-order chi connectivity index (χ0) is 13.8. The normalized spacial score (nSPS) is 14.6. The SMILES string of the molecule is CNC(C)C(c1nc(-c2cccnc2)no1)C(C)C. The minimum Gasteiger partial charge on any atom is -0.339 e. The summed E-state index contributed by atoms with van der Waals surface area (Å²) in [5, 5.41) is 7.31. The third-order valence-corrected chi connectivity index (χ3v) is 3.36. The van der Waals surface area contributed by atoms with Gasteiger partial charge in [-0.3, -0.25) is 4.98 Å². The van der Waals surface area contributed by atoms with Gasteiger partial charge >= 0.3 is 0 Å². The quantitative estimate of drug-likeness (QED) is 0.894. The third-order valence-electron chi connectivity index (χ3n) is 3.36. The molecule has 0 amide bonds. The molecule has 0 aliphatic heterocycles. The van der Waals surface area contributed by atoms with Crippen LogP contribution in [-0.2, 0) is 0 Å². The number of hydrogen-bond acceptors (Lipinski definition) is 5. The van der Waals surface area contributed by atoms with Gasteiger partial charge in [0.25, 0.3) is 0 Å². The molecule has 2 heterocycles. The molecule has 1 N–H and O–H groups in total. The predicted octanol–water partition coefficient (Wildman–Crippen LogP) is 2.48. The van der Waals surface area contributed by atoms with Crippen LogP contribution in [0.2, 0.25) is 0 Å². The van der Waals surface area contributed by atoms with Gasteiger partial charge in [0.15, 0.2) is 0 Å². The van der Waals surface area contributed by atoms with Crippen molar-refractivity contribution in [3.05, 3.63) is 30.4 Å². The first-order valence-electron chi connectivity index (χ1n) is 6.54. The van der Waals surface area contributed by atoms with Crippen molar-refractivity contribution in [2.75, 3.05) is 7.05 Å². The van der Waals surface area contributed by atoms with Gasteiger partial charge in [-0.25, -0.2) is 0 Å². The van der Waals surface area contributed by atoms with Gasteiger partial charge in [-0.1, -0.05) is 19.0 Å². The number of nitrogens with one attached hydrogen (secondary N) is 1. The lowest BCUT2D eigenvalue weighted by Gasteiger charge is -2.23. The molecule has 2 atom stereocenters. The summed E-state index contributed by atoms with van der Waals surface area (Å²) < 4.78 is 5.44. The van der Waals surface area contributed by atoms with Crippen molar-refractivity contribution in [1.82, 2.24) is 20.4 Å². The van der Waals surface area contributed by atoms with Gasteiger partial charge in [-0.2, -0.15) is 4.98 Å². The molecule has 0 fully saturated rings. The van der Waals surface area contributed by atoms with Crippen molar-refractivity contribution in [3.8, 4) is 11.4 Å². The first kappa shape index (κ1) is 13.7. The van der Waals surface area contributed by atoms with Gasteiger partial charge in [0.05, 0.1) is 5.92 Å². The highest BCUT2D eigenvalue weighted by molar-refractivity contribution is 5.51. The van der Waals surface area contributed by atoms with Crippen molar-refractivity contribution < 1.29 is 4.52 Å². The molecule has 2 aromatic rings. The Labute approximate surface area is 113 Å². The van der Waals surface area contributed by atoms with Gasteiger partial charge in [0, 0.05) is 24.0 Å². The summed E-state index contributed by atoms with van der Waals surface area (Å²) in [6, 6.07) is 4.07. The first-order chi connectivity index (χ1) is 9.13. The number of aromatic nitrogens is 3. The van der Waals surface area contributed by atoms with Crippen LogP contribution in [0.4, 0.5) is 0 Å². The largest absolute Gasteiger partial charge is 0.339 e. The van der Waals surface area contributed by atoms with E-state index in [4.69, 9.17) is 4.52 Å². The summed E-state index contributed by atoms with van der Waals surface area (Å²) in [6.07, 6.45) is 3.46. The predicted molar refractivity (Wildman–Crippen MR) is 73.6 cm³/mol. The smallest absolute Gasteiger partial charge is 0.231 e. The maximum absolute atomic E-state index is 5.44. The van der Waals surface area contributed by atoms with E-state index in [1.54, 1.807) is 12.4 Å². The Kier molecular flexibility index (Phi) is 4.27. The average Bonchev–Trinajstić information content (AvgIpc) is 2.88. The van der Waals surface area contributed by atoms with Crippen LogP contribution in [0.1, 0.15) is 32.6 Å². The van der Waals surface area contributed by atoms with Crippen LogP contribution in [0.25, 0.3) is 11.4 Å². The fourth-order valence-corrected chi connectivity index (χ4v) is 2.24. The van der Waals surface area contributed by atoms with E-state index in [9.17, 15) is 0 Å². The maximum atomic E-state index is 5.44. The summed E-state index contributed by atoms with van der Waals surface area (Å²) in [5.41, 5.74) is 0.872. The van der Waals surface area contributed by atoms with E-state index < -0.39 is 0 Å². The highest BCUT2D eigenvalue weighted by Crippen LogP contribution is 2.28. The molecular weight excluding hydrogens is 240 g/mol. The Balaban J connectivity index is 2.29. The van der Waals surface area contributed by atoms with Crippen molar-refractivity contribution in [2.45, 2.75) is 32.7 Å². The van der Waals surface area contributed by atoms with Crippen LogP contribution in [0.15, 0.2) is 29.0 Å². The number of pyridine rings is 1. The summed E-state index contributed by atoms with van der Waals surface area (Å²) >= 11 is 0. The number of likely N-dealkylation sites (N-methyl/N-ethyl adjacent to an activating group) is 1. The summed E-state index contributed by atoms with van der Waals surface area (Å²) in [4.78, 5) is 8.58. The molecule has 0 radical (unpaired) electrons. The lowest BCUT2D eigenvalue weighted by atomic mass is 9.89. The highest BCUT2D eigenvalue weighted by atomic mass is 16.5. The summed E-state index contributed by atoms with van der Waals surface area (Å²) in [7, 11) is 1.94. The Bertz CT molecular complexity index is 509. The number of rotatable bonds is 5. The van der Waals surface area contributed by atoms with Crippen LogP contribution in [0.5, 0.6) is 0 Å². The zero-order valence-electron chi connectivity index (χ0n) is 11.8. The van der Waals surface area contributed by atoms with Crippen LogP contribution in [-0.4, -0.2) is 28.2 Å². The molecule has 0 saturated carbocycles. The van der Waals surface area contributed by atoms with Crippen LogP contribution in [0, 0.1) is 5.92 Å². The molecule has 0 aromatic carbocycles. The number of hydrogen-bond donors (Lipinski definition) is 1. The van der Waals surface area contributed by atoms with E-state index in [2.05, 4.69) is 41.2 Å². The first-order valence-corrected chi connectivity index (χ1v) is 6.54. The fourth-order valence-electron chi connectivity index (χ4n) is 2.24. The average molecular weight is 260 g/mol. The van der Waals surface area contributed by atoms with Crippen LogP contribution < -0.4 is 5.32 Å². The molecule has 2 aromatic heterocycles. The van der Waals surface area contributed by atoms with E-state index in [1.165, 1.54) is 0 Å². The summed E-state index contributed by atoms with van der Waals surface area (Å²) in [5.74, 6) is 1.89. The van der Waals surface area contributed by atoms with Gasteiger partial charge in [0.2, 0.25) is 11.7 Å². The highest BCUT2D eigenvalue weighted by Gasteiger charge is 2.27. The maximum Gasteiger partial charge on any atom is 0.231 e. The number of nitrogens with zero attached hydrogens (tertiary/aromatic N) is 3. The molecule has 2 unspecified atom stereocenters. The Morgan fingerprint density at radius 3 is 2.63 bits per heavy atom. The summed E-state index contributed by atoms with van der Waals surface area (Å²) in [6.45, 7) is 6.44. The lowest BCUT2D eigenvalue weighted by Crippen LogP contribution is -2.32. The molecule has 0 aliphatic rings. The minimum absolute atomic E-state index is 0.197. The van der Waals surface area contributed by atoms with Crippen molar-refractivity contribution in [2.24, 2.45) is 5.92 Å². The standard InChI is InChI=1S/C14H20N4O/c1-9(2)12(10(3)15-4)14-17-13(18-19-14)11-6-5-7-16-8-11/h5-10,12,15H,1-4H3. The topological polar surface area (TPSA) is 63.8 Å². The van der Waals surface area contributed by atoms with E-state index >= 15 is 0 Å². The molecule has 0 saturated heterocycles. The molecule has 0 bridgehead atoms. The van der Waals surface area contributed by atoms with Gasteiger partial charge < -0.3 is 9.84 Å². The van der Waals surface area contributed by atoms with E-state index in [1.807, 2.05) is 19.2 Å². The fraction of sp³-hybridized carbons (Fsp3) is 0.500. The Morgan fingerprint density at radius 1 is 1.26 bits per heavy atom. The van der Waals surface area contributed by atoms with Gasteiger partial charge in [-0.15, -0.1) is 0 Å². The van der Waals surface area contributed by atoms with Crippen LogP contribution >= 0.6 is 0 Å². The molecule has 102 valence electrons. The molecule has 5 heteroatoms. The Morgan fingerprint density at radius 2 is 2.05 bits per heavy atom. The minimum atomic E-state index is 0.197. The monoisotopic (exact) mass is 260 g/mol. The molecule has 5 nitrogen and oxygen atoms in total. The second-order valence-corrected chi connectivity index (χ2v) is 5.05.